The number of hydrogen-bond donors (Lipinski definition) is 0. The highest BCUT2D eigenvalue weighted by molar-refractivity contribution is 6.16. The summed E-state index contributed by atoms with van der Waals surface area (Å²) in [5, 5.41) is 0. The minimum absolute atomic E-state index is 0.0355. The minimum Gasteiger partial charge on any atom is -0.387 e. The van der Waals surface area contributed by atoms with Crippen molar-refractivity contribution in [3.63, 3.8) is 0 Å². The van der Waals surface area contributed by atoms with Crippen LogP contribution in [0.25, 0.3) is 0 Å². The lowest BCUT2D eigenvalue weighted by Crippen LogP contribution is -2.01. The van der Waals surface area contributed by atoms with Gasteiger partial charge in [-0.1, -0.05) is 0 Å². The van der Waals surface area contributed by atoms with Gasteiger partial charge in [0.05, 0.1) is 0 Å². The average molecular weight is 106 g/mol. The normalized spacial score (nSPS) is 10.0. The molecule has 0 spiro atoms. The lowest BCUT2D eigenvalue weighted by Gasteiger charge is -1.96. The summed E-state index contributed by atoms with van der Waals surface area (Å²) < 4.78 is 15.5. The maximum atomic E-state index is 11.0. The van der Waals surface area contributed by atoms with Crippen molar-refractivity contribution >= 4 is 10.1 Å². The fourth-order valence-corrected chi connectivity index (χ4v) is 0.267. The average Bonchev–Trinajstić information content (AvgIpc) is 1.35. The number of rotatable bonds is 2. The van der Waals surface area contributed by atoms with Crippen molar-refractivity contribution in [2.45, 2.75) is 20.0 Å². The molecule has 0 aliphatic heterocycles. The molecule has 0 aromatic rings. The molecule has 0 rings (SSSR count). The van der Waals surface area contributed by atoms with Gasteiger partial charge >= 0.3 is 10.1 Å². The monoisotopic (exact) mass is 106 g/mol. The zero-order chi connectivity index (χ0) is 4.99. The molecule has 0 N–H and O–H groups in total. The first-order valence-corrected chi connectivity index (χ1v) is 2.57. The molecule has 0 saturated carbocycles. The Labute approximate surface area is 39.6 Å². The van der Waals surface area contributed by atoms with Crippen LogP contribution >= 0.6 is 0 Å². The quantitative estimate of drug-likeness (QED) is 0.375. The van der Waals surface area contributed by atoms with Crippen LogP contribution in [0.2, 0.25) is 0 Å². The Kier molecular flexibility index (Phi) is 3.36. The van der Waals surface area contributed by atoms with Crippen LogP contribution in [0.1, 0.15) is 13.8 Å². The minimum atomic E-state index is -0.862. The van der Waals surface area contributed by atoms with Crippen LogP contribution in [-0.4, -0.2) is 16.2 Å². The summed E-state index contributed by atoms with van der Waals surface area (Å²) in [4.78, 5) is 0. The highest BCUT2D eigenvalue weighted by Crippen LogP contribution is 1.82. The van der Waals surface area contributed by atoms with Crippen molar-refractivity contribution in [2.24, 2.45) is 0 Å². The Bertz CT molecular complexity index is 32.0. The summed E-state index contributed by atoms with van der Waals surface area (Å²) in [7, 11) is -0.862. The zero-order valence-electron chi connectivity index (χ0n) is 3.86. The van der Waals surface area contributed by atoms with Crippen LogP contribution in [0, 0.1) is 0 Å². The summed E-state index contributed by atoms with van der Waals surface area (Å²) in [5.74, 6) is 0. The van der Waals surface area contributed by atoms with Crippen LogP contribution in [0.5, 0.6) is 0 Å². The van der Waals surface area contributed by atoms with E-state index in [1.54, 1.807) is 13.8 Å². The second kappa shape index (κ2) is 3.30. The SMILES string of the molecule is CC(C)O[Si]F. The molecule has 0 unspecified atom stereocenters. The Morgan fingerprint density at radius 1 is 1.67 bits per heavy atom. The van der Waals surface area contributed by atoms with Gasteiger partial charge in [0.15, 0.2) is 0 Å². The maximum Gasteiger partial charge on any atom is 0.485 e. The van der Waals surface area contributed by atoms with E-state index in [1.165, 1.54) is 0 Å². The van der Waals surface area contributed by atoms with Gasteiger partial charge in [-0.05, 0) is 13.8 Å². The third-order valence-corrected chi connectivity index (χ3v) is 0.841. The third-order valence-electron chi connectivity index (χ3n) is 0.280. The van der Waals surface area contributed by atoms with Gasteiger partial charge < -0.3 is 4.43 Å². The van der Waals surface area contributed by atoms with Gasteiger partial charge in [-0.25, -0.2) is 0 Å². The third kappa shape index (κ3) is 4.11. The smallest absolute Gasteiger partial charge is 0.387 e. The second-order valence-electron chi connectivity index (χ2n) is 1.24. The molecule has 0 aromatic heterocycles. The summed E-state index contributed by atoms with van der Waals surface area (Å²) in [6.45, 7) is 3.60. The zero-order valence-corrected chi connectivity index (χ0v) is 4.86. The molecular formula is C3H7FOSi. The van der Waals surface area contributed by atoms with Gasteiger partial charge in [0, 0.05) is 6.10 Å². The van der Waals surface area contributed by atoms with Crippen molar-refractivity contribution < 1.29 is 8.53 Å². The van der Waals surface area contributed by atoms with E-state index >= 15 is 0 Å². The summed E-state index contributed by atoms with van der Waals surface area (Å²) >= 11 is 0. The predicted octanol–water partition coefficient (Wildman–Crippen LogP) is 0.915. The van der Waals surface area contributed by atoms with E-state index < -0.39 is 10.1 Å². The molecule has 2 radical (unpaired) electrons. The van der Waals surface area contributed by atoms with Gasteiger partial charge in [-0.15, -0.1) is 0 Å². The molecule has 0 amide bonds. The standard InChI is InChI=1S/C3H7FOSi/c1-3(2)5-6-4/h3H,1-2H3. The van der Waals surface area contributed by atoms with Crippen molar-refractivity contribution in [3.8, 4) is 0 Å². The van der Waals surface area contributed by atoms with Crippen LogP contribution in [-0.2, 0) is 4.43 Å². The van der Waals surface area contributed by atoms with Crippen LogP contribution < -0.4 is 0 Å². The largest absolute Gasteiger partial charge is 0.485 e. The van der Waals surface area contributed by atoms with E-state index in [0.717, 1.165) is 0 Å². The molecule has 0 heterocycles. The van der Waals surface area contributed by atoms with Crippen molar-refractivity contribution in [3.05, 3.63) is 0 Å². The summed E-state index contributed by atoms with van der Waals surface area (Å²) in [6, 6.07) is 0. The van der Waals surface area contributed by atoms with Crippen molar-refractivity contribution in [1.82, 2.24) is 0 Å². The fraction of sp³-hybridized carbons (Fsp3) is 1.00. The molecule has 0 aliphatic carbocycles. The Morgan fingerprint density at radius 3 is 2.17 bits per heavy atom. The van der Waals surface area contributed by atoms with Gasteiger partial charge in [-0.3, -0.25) is 4.11 Å². The Balaban J connectivity index is 2.63. The Hall–Kier alpha value is 0.107. The number of hydrogen-bond acceptors (Lipinski definition) is 1. The van der Waals surface area contributed by atoms with Gasteiger partial charge in [0.1, 0.15) is 0 Å². The predicted molar refractivity (Wildman–Crippen MR) is 23.1 cm³/mol. The summed E-state index contributed by atoms with van der Waals surface area (Å²) in [6.07, 6.45) is 0.0355. The first kappa shape index (κ1) is 6.11. The van der Waals surface area contributed by atoms with E-state index in [2.05, 4.69) is 4.43 Å². The molecule has 1 nitrogen and oxygen atoms in total. The lowest BCUT2D eigenvalue weighted by atomic mass is 10.5. The molecule has 0 aliphatic rings. The van der Waals surface area contributed by atoms with Gasteiger partial charge in [0.25, 0.3) is 0 Å². The molecule has 3 heteroatoms. The molecule has 0 atom stereocenters. The van der Waals surface area contributed by atoms with Gasteiger partial charge in [0.2, 0.25) is 0 Å². The first-order chi connectivity index (χ1) is 2.77. The van der Waals surface area contributed by atoms with E-state index in [0.29, 0.717) is 0 Å². The fourth-order valence-electron chi connectivity index (χ4n) is 0.0891. The first-order valence-electron chi connectivity index (χ1n) is 1.78. The highest BCUT2D eigenvalue weighted by atomic mass is 28.3. The van der Waals surface area contributed by atoms with Crippen LogP contribution in [0.3, 0.4) is 0 Å². The molecule has 36 valence electrons. The van der Waals surface area contributed by atoms with Crippen LogP contribution in [0.15, 0.2) is 0 Å². The molecule has 6 heavy (non-hydrogen) atoms. The summed E-state index contributed by atoms with van der Waals surface area (Å²) in [5.41, 5.74) is 0. The van der Waals surface area contributed by atoms with Gasteiger partial charge in [-0.2, -0.15) is 0 Å². The van der Waals surface area contributed by atoms with E-state index in [4.69, 9.17) is 0 Å². The van der Waals surface area contributed by atoms with Crippen molar-refractivity contribution in [1.29, 1.82) is 0 Å². The van der Waals surface area contributed by atoms with Crippen LogP contribution in [0.4, 0.5) is 4.11 Å². The topological polar surface area (TPSA) is 9.23 Å². The second-order valence-corrected chi connectivity index (χ2v) is 1.63. The number of halogens is 1. The maximum absolute atomic E-state index is 11.0. The van der Waals surface area contributed by atoms with Crippen molar-refractivity contribution in [2.75, 3.05) is 0 Å². The molecule has 0 bridgehead atoms. The Morgan fingerprint density at radius 2 is 2.17 bits per heavy atom. The van der Waals surface area contributed by atoms with E-state index in [-0.39, 0.29) is 6.10 Å². The molecule has 0 saturated heterocycles. The molecule has 0 aromatic carbocycles. The highest BCUT2D eigenvalue weighted by Gasteiger charge is 1.90. The lowest BCUT2D eigenvalue weighted by molar-refractivity contribution is 0.237. The van der Waals surface area contributed by atoms with E-state index in [9.17, 15) is 4.11 Å². The van der Waals surface area contributed by atoms with E-state index in [1.807, 2.05) is 0 Å². The molecule has 0 fully saturated rings. The molecular weight excluding hydrogens is 99.1 g/mol.